The third kappa shape index (κ3) is 4.19. The topological polar surface area (TPSA) is 69.2 Å². The van der Waals surface area contributed by atoms with E-state index in [1.807, 2.05) is 34.9 Å². The van der Waals surface area contributed by atoms with Crippen molar-refractivity contribution >= 4 is 16.5 Å². The molecule has 0 bridgehead atoms. The van der Waals surface area contributed by atoms with E-state index < -0.39 is 0 Å². The Morgan fingerprint density at radius 2 is 1.97 bits per heavy atom. The normalized spacial score (nSPS) is 19.8. The largest absolute Gasteiger partial charge is 0.492 e. The maximum Gasteiger partial charge on any atom is 0.193 e. The molecule has 0 unspecified atom stereocenters. The van der Waals surface area contributed by atoms with Gasteiger partial charge in [-0.3, -0.25) is 9.69 Å². The van der Waals surface area contributed by atoms with Crippen LogP contribution in [-0.2, 0) is 4.74 Å². The lowest BCUT2D eigenvalue weighted by Gasteiger charge is -2.35. The van der Waals surface area contributed by atoms with Gasteiger partial charge in [-0.15, -0.1) is 0 Å². The summed E-state index contributed by atoms with van der Waals surface area (Å²) in [6.45, 7) is 7.36. The highest BCUT2D eigenvalue weighted by atomic mass is 16.5. The second kappa shape index (κ2) is 8.17. The van der Waals surface area contributed by atoms with Crippen molar-refractivity contribution in [1.29, 1.82) is 0 Å². The van der Waals surface area contributed by atoms with Gasteiger partial charge >= 0.3 is 0 Å². The molecule has 3 aromatic heterocycles. The van der Waals surface area contributed by atoms with Crippen LogP contribution < -0.4 is 10.2 Å². The Bertz CT molecular complexity index is 1270. The maximum atomic E-state index is 12.8. The van der Waals surface area contributed by atoms with Crippen molar-refractivity contribution in [3.63, 3.8) is 0 Å². The van der Waals surface area contributed by atoms with Crippen LogP contribution in [-0.4, -0.2) is 52.7 Å². The average Bonchev–Trinajstić information content (AvgIpc) is 3.21. The number of ether oxygens (including phenoxy) is 2. The van der Waals surface area contributed by atoms with E-state index in [0.717, 1.165) is 25.2 Å². The van der Waals surface area contributed by atoms with Crippen LogP contribution in [0.15, 0.2) is 64.2 Å². The Labute approximate surface area is 179 Å². The third-order valence-electron chi connectivity index (χ3n) is 5.54. The summed E-state index contributed by atoms with van der Waals surface area (Å²) in [6.07, 6.45) is 4.10. The molecular weight excluding hydrogens is 394 g/mol. The number of rotatable bonds is 5. The van der Waals surface area contributed by atoms with Gasteiger partial charge in [0.25, 0.3) is 0 Å². The van der Waals surface area contributed by atoms with Crippen LogP contribution in [0.25, 0.3) is 27.9 Å². The number of aromatic nitrogens is 2. The van der Waals surface area contributed by atoms with E-state index in [1.54, 1.807) is 18.5 Å². The number of fused-ring (bicyclic) bond motifs is 2. The van der Waals surface area contributed by atoms with Crippen LogP contribution >= 0.6 is 0 Å². The lowest BCUT2D eigenvalue weighted by Crippen LogP contribution is -2.46. The van der Waals surface area contributed by atoms with Gasteiger partial charge in [-0.2, -0.15) is 0 Å². The molecule has 0 spiro atoms. The van der Waals surface area contributed by atoms with Crippen LogP contribution in [0.5, 0.6) is 5.75 Å². The van der Waals surface area contributed by atoms with Crippen molar-refractivity contribution in [3.8, 4) is 17.2 Å². The van der Waals surface area contributed by atoms with Gasteiger partial charge in [0.1, 0.15) is 23.6 Å². The van der Waals surface area contributed by atoms with Crippen molar-refractivity contribution in [2.24, 2.45) is 0 Å². The van der Waals surface area contributed by atoms with Gasteiger partial charge in [-0.1, -0.05) is 0 Å². The van der Waals surface area contributed by atoms with Gasteiger partial charge in [-0.05, 0) is 50.2 Å². The molecular formula is C24H25N3O4. The fourth-order valence-electron chi connectivity index (χ4n) is 4.18. The highest BCUT2D eigenvalue weighted by molar-refractivity contribution is 5.80. The number of nitrogens with zero attached hydrogens (tertiary/aromatic N) is 3. The molecule has 31 heavy (non-hydrogen) atoms. The summed E-state index contributed by atoms with van der Waals surface area (Å²) in [7, 11) is 0. The van der Waals surface area contributed by atoms with Crippen LogP contribution in [0.3, 0.4) is 0 Å². The van der Waals surface area contributed by atoms with Crippen molar-refractivity contribution in [2.75, 3.05) is 26.2 Å². The Hall–Kier alpha value is -3.16. The molecule has 0 amide bonds. The van der Waals surface area contributed by atoms with E-state index in [2.05, 4.69) is 23.7 Å². The molecule has 1 fully saturated rings. The van der Waals surface area contributed by atoms with E-state index in [-0.39, 0.29) is 17.6 Å². The zero-order valence-corrected chi connectivity index (χ0v) is 17.7. The van der Waals surface area contributed by atoms with Crippen LogP contribution in [0, 0.1) is 0 Å². The van der Waals surface area contributed by atoms with Crippen molar-refractivity contribution in [2.45, 2.75) is 26.1 Å². The summed E-state index contributed by atoms with van der Waals surface area (Å²) in [5, 5.41) is 0.499. The van der Waals surface area contributed by atoms with E-state index in [0.29, 0.717) is 34.8 Å². The Kier molecular flexibility index (Phi) is 5.21. The van der Waals surface area contributed by atoms with Crippen LogP contribution in [0.4, 0.5) is 0 Å². The van der Waals surface area contributed by atoms with E-state index >= 15 is 0 Å². The summed E-state index contributed by atoms with van der Waals surface area (Å²) < 4.78 is 19.6. The highest BCUT2D eigenvalue weighted by Gasteiger charge is 2.21. The molecule has 0 N–H and O–H groups in total. The summed E-state index contributed by atoms with van der Waals surface area (Å²) in [6, 6.07) is 12.7. The smallest absolute Gasteiger partial charge is 0.193 e. The quantitative estimate of drug-likeness (QED) is 0.492. The molecule has 1 aliphatic heterocycles. The molecule has 7 heteroatoms. The predicted octanol–water partition coefficient (Wildman–Crippen LogP) is 3.60. The Morgan fingerprint density at radius 3 is 2.81 bits per heavy atom. The van der Waals surface area contributed by atoms with Gasteiger partial charge in [0.05, 0.1) is 23.9 Å². The van der Waals surface area contributed by atoms with Gasteiger partial charge in [0.2, 0.25) is 0 Å². The zero-order valence-electron chi connectivity index (χ0n) is 17.7. The molecule has 7 nitrogen and oxygen atoms in total. The van der Waals surface area contributed by atoms with Crippen LogP contribution in [0.1, 0.15) is 13.8 Å². The monoisotopic (exact) mass is 419 g/mol. The van der Waals surface area contributed by atoms with E-state index in [1.165, 1.54) is 6.07 Å². The van der Waals surface area contributed by atoms with E-state index in [9.17, 15) is 4.79 Å². The maximum absolute atomic E-state index is 12.8. The van der Waals surface area contributed by atoms with Crippen LogP contribution in [0.2, 0.25) is 0 Å². The van der Waals surface area contributed by atoms with Crippen molar-refractivity contribution < 1.29 is 13.9 Å². The molecule has 1 aromatic carbocycles. The molecule has 1 saturated heterocycles. The zero-order chi connectivity index (χ0) is 21.4. The SMILES string of the molecule is C[C@@H]1CN(CCOc2ccc3oc(-c4cc5cccn5cn4)cc(=O)c3c2)C[C@H](C)O1. The van der Waals surface area contributed by atoms with Gasteiger partial charge in [-0.25, -0.2) is 4.98 Å². The second-order valence-corrected chi connectivity index (χ2v) is 8.11. The lowest BCUT2D eigenvalue weighted by atomic mass is 10.2. The number of benzene rings is 1. The predicted molar refractivity (Wildman–Crippen MR) is 119 cm³/mol. The lowest BCUT2D eigenvalue weighted by molar-refractivity contribution is -0.0699. The molecule has 4 aromatic rings. The molecule has 1 aliphatic rings. The first kappa shape index (κ1) is 19.8. The minimum Gasteiger partial charge on any atom is -0.492 e. The summed E-state index contributed by atoms with van der Waals surface area (Å²) in [5.74, 6) is 1.11. The molecule has 4 heterocycles. The number of hydrogen-bond donors (Lipinski definition) is 0. The molecule has 5 rings (SSSR count). The van der Waals surface area contributed by atoms with Crippen molar-refractivity contribution in [1.82, 2.24) is 14.3 Å². The minimum absolute atomic E-state index is 0.116. The summed E-state index contributed by atoms with van der Waals surface area (Å²) in [5.41, 5.74) is 2.01. The van der Waals surface area contributed by atoms with E-state index in [4.69, 9.17) is 13.9 Å². The molecule has 0 radical (unpaired) electrons. The Balaban J connectivity index is 1.32. The first-order valence-electron chi connectivity index (χ1n) is 10.6. The average molecular weight is 419 g/mol. The summed E-state index contributed by atoms with van der Waals surface area (Å²) in [4.78, 5) is 19.5. The van der Waals surface area contributed by atoms with Gasteiger partial charge < -0.3 is 18.3 Å². The van der Waals surface area contributed by atoms with Gasteiger partial charge in [0, 0.05) is 37.4 Å². The number of hydrogen-bond acceptors (Lipinski definition) is 6. The Morgan fingerprint density at radius 1 is 1.13 bits per heavy atom. The first-order valence-corrected chi connectivity index (χ1v) is 10.6. The molecule has 0 saturated carbocycles. The minimum atomic E-state index is -0.116. The molecule has 160 valence electrons. The number of morpholine rings is 1. The standard InChI is InChI=1S/C24H25N3O4/c1-16-13-26(14-17(2)30-16)8-9-29-19-5-6-23-20(11-19)22(28)12-24(31-23)21-10-18-4-3-7-27(18)15-25-21/h3-7,10-12,15-17H,8-9,13-14H2,1-2H3/t16-,17+. The summed E-state index contributed by atoms with van der Waals surface area (Å²) >= 11 is 0. The fourth-order valence-corrected chi connectivity index (χ4v) is 4.18. The fraction of sp³-hybridized carbons (Fsp3) is 0.333. The third-order valence-corrected chi connectivity index (χ3v) is 5.54. The van der Waals surface area contributed by atoms with Gasteiger partial charge in [0.15, 0.2) is 11.2 Å². The second-order valence-electron chi connectivity index (χ2n) is 8.11. The molecule has 2 atom stereocenters. The first-order chi connectivity index (χ1) is 15.0. The molecule has 0 aliphatic carbocycles. The van der Waals surface area contributed by atoms with Crippen molar-refractivity contribution in [3.05, 3.63) is 65.2 Å². The highest BCUT2D eigenvalue weighted by Crippen LogP contribution is 2.24.